The van der Waals surface area contributed by atoms with Gasteiger partial charge in [-0.3, -0.25) is 0 Å². The molecule has 1 saturated carbocycles. The predicted molar refractivity (Wildman–Crippen MR) is 66.5 cm³/mol. The number of hydrogen-bond donors (Lipinski definition) is 2. The Morgan fingerprint density at radius 3 is 2.44 bits per heavy atom. The molecule has 0 aliphatic heterocycles. The van der Waals surface area contributed by atoms with Crippen LogP contribution in [0.5, 0.6) is 0 Å². The summed E-state index contributed by atoms with van der Waals surface area (Å²) < 4.78 is 5.53. The fraction of sp³-hybridized carbons (Fsp3) is 1.00. The summed E-state index contributed by atoms with van der Waals surface area (Å²) in [6.45, 7) is 9.27. The highest BCUT2D eigenvalue weighted by Gasteiger charge is 2.24. The molecule has 3 heteroatoms. The SMILES string of the molecule is CC(NCC(O)COC(C)(C)C)C1CCC1. The first-order valence-electron chi connectivity index (χ1n) is 6.44. The Hall–Kier alpha value is -0.120. The van der Waals surface area contributed by atoms with Crippen molar-refractivity contribution >= 4 is 0 Å². The highest BCUT2D eigenvalue weighted by atomic mass is 16.5. The van der Waals surface area contributed by atoms with Crippen LogP contribution in [0.3, 0.4) is 0 Å². The van der Waals surface area contributed by atoms with Gasteiger partial charge in [-0.1, -0.05) is 6.42 Å². The Bertz CT molecular complexity index is 197. The van der Waals surface area contributed by atoms with Crippen LogP contribution in [0.1, 0.15) is 47.0 Å². The summed E-state index contributed by atoms with van der Waals surface area (Å²) in [7, 11) is 0. The predicted octanol–water partition coefficient (Wildman–Crippen LogP) is 1.94. The van der Waals surface area contributed by atoms with Crippen LogP contribution in [0, 0.1) is 5.92 Å². The average molecular weight is 229 g/mol. The molecule has 0 aromatic rings. The van der Waals surface area contributed by atoms with Gasteiger partial charge in [-0.2, -0.15) is 0 Å². The molecular formula is C13H27NO2. The molecule has 0 spiro atoms. The van der Waals surface area contributed by atoms with Gasteiger partial charge in [0.2, 0.25) is 0 Å². The van der Waals surface area contributed by atoms with Gasteiger partial charge in [0, 0.05) is 12.6 Å². The average Bonchev–Trinajstić information content (AvgIpc) is 2.07. The molecule has 0 amide bonds. The second-order valence-electron chi connectivity index (χ2n) is 5.97. The third-order valence-corrected chi connectivity index (χ3v) is 3.24. The van der Waals surface area contributed by atoms with Crippen molar-refractivity contribution in [2.75, 3.05) is 13.2 Å². The Morgan fingerprint density at radius 2 is 2.00 bits per heavy atom. The minimum absolute atomic E-state index is 0.166. The summed E-state index contributed by atoms with van der Waals surface area (Å²) in [4.78, 5) is 0. The van der Waals surface area contributed by atoms with Crippen LogP contribution >= 0.6 is 0 Å². The lowest BCUT2D eigenvalue weighted by Gasteiger charge is -2.32. The van der Waals surface area contributed by atoms with Crippen LogP contribution in [-0.2, 0) is 4.74 Å². The first kappa shape index (κ1) is 13.9. The smallest absolute Gasteiger partial charge is 0.0898 e. The van der Waals surface area contributed by atoms with Crippen LogP contribution in [0.25, 0.3) is 0 Å². The zero-order chi connectivity index (χ0) is 12.2. The van der Waals surface area contributed by atoms with E-state index in [1.54, 1.807) is 0 Å². The topological polar surface area (TPSA) is 41.5 Å². The molecule has 2 N–H and O–H groups in total. The van der Waals surface area contributed by atoms with Crippen LogP contribution in [-0.4, -0.2) is 36.0 Å². The lowest BCUT2D eigenvalue weighted by molar-refractivity contribution is -0.0488. The van der Waals surface area contributed by atoms with Crippen molar-refractivity contribution in [3.63, 3.8) is 0 Å². The monoisotopic (exact) mass is 229 g/mol. The van der Waals surface area contributed by atoms with Gasteiger partial charge in [0.1, 0.15) is 0 Å². The molecule has 0 bridgehead atoms. The molecular weight excluding hydrogens is 202 g/mol. The molecule has 0 saturated heterocycles. The molecule has 0 aromatic carbocycles. The number of rotatable bonds is 6. The van der Waals surface area contributed by atoms with Crippen molar-refractivity contribution in [1.82, 2.24) is 5.32 Å². The third kappa shape index (κ3) is 5.28. The van der Waals surface area contributed by atoms with E-state index in [0.717, 1.165) is 5.92 Å². The van der Waals surface area contributed by atoms with Crippen molar-refractivity contribution < 1.29 is 9.84 Å². The maximum Gasteiger partial charge on any atom is 0.0898 e. The number of aliphatic hydroxyl groups excluding tert-OH is 1. The van der Waals surface area contributed by atoms with Gasteiger partial charge in [0.25, 0.3) is 0 Å². The first-order chi connectivity index (χ1) is 7.38. The molecule has 1 fully saturated rings. The van der Waals surface area contributed by atoms with Crippen molar-refractivity contribution in [1.29, 1.82) is 0 Å². The molecule has 0 aromatic heterocycles. The molecule has 1 aliphatic rings. The van der Waals surface area contributed by atoms with E-state index >= 15 is 0 Å². The number of aliphatic hydroxyl groups is 1. The second-order valence-corrected chi connectivity index (χ2v) is 5.97. The molecule has 2 unspecified atom stereocenters. The van der Waals surface area contributed by atoms with Crippen LogP contribution in [0.2, 0.25) is 0 Å². The highest BCUT2D eigenvalue weighted by molar-refractivity contribution is 4.80. The van der Waals surface area contributed by atoms with Crippen LogP contribution < -0.4 is 5.32 Å². The number of ether oxygens (including phenoxy) is 1. The van der Waals surface area contributed by atoms with Gasteiger partial charge in [-0.05, 0) is 46.5 Å². The lowest BCUT2D eigenvalue weighted by atomic mass is 9.80. The summed E-state index contributed by atoms with van der Waals surface area (Å²) >= 11 is 0. The minimum Gasteiger partial charge on any atom is -0.389 e. The van der Waals surface area contributed by atoms with E-state index in [0.29, 0.717) is 19.2 Å². The Morgan fingerprint density at radius 1 is 1.38 bits per heavy atom. The van der Waals surface area contributed by atoms with Gasteiger partial charge >= 0.3 is 0 Å². The fourth-order valence-electron chi connectivity index (χ4n) is 1.83. The van der Waals surface area contributed by atoms with Crippen LogP contribution in [0.4, 0.5) is 0 Å². The first-order valence-corrected chi connectivity index (χ1v) is 6.44. The van der Waals surface area contributed by atoms with E-state index in [1.165, 1.54) is 19.3 Å². The van der Waals surface area contributed by atoms with E-state index in [-0.39, 0.29) is 5.60 Å². The van der Waals surface area contributed by atoms with E-state index in [9.17, 15) is 5.11 Å². The number of hydrogen-bond acceptors (Lipinski definition) is 3. The van der Waals surface area contributed by atoms with E-state index in [4.69, 9.17) is 4.74 Å². The maximum absolute atomic E-state index is 9.75. The molecule has 96 valence electrons. The van der Waals surface area contributed by atoms with Gasteiger partial charge in [-0.25, -0.2) is 0 Å². The zero-order valence-electron chi connectivity index (χ0n) is 11.1. The molecule has 0 heterocycles. The molecule has 3 nitrogen and oxygen atoms in total. The van der Waals surface area contributed by atoms with Crippen molar-refractivity contribution in [3.05, 3.63) is 0 Å². The van der Waals surface area contributed by atoms with Gasteiger partial charge < -0.3 is 15.2 Å². The van der Waals surface area contributed by atoms with E-state index in [1.807, 2.05) is 20.8 Å². The summed E-state index contributed by atoms with van der Waals surface area (Å²) in [5.41, 5.74) is -0.166. The van der Waals surface area contributed by atoms with Crippen LogP contribution in [0.15, 0.2) is 0 Å². The summed E-state index contributed by atoms with van der Waals surface area (Å²) in [5, 5.41) is 13.1. The molecule has 0 radical (unpaired) electrons. The fourth-order valence-corrected chi connectivity index (χ4v) is 1.83. The summed E-state index contributed by atoms with van der Waals surface area (Å²) in [6.07, 6.45) is 3.64. The highest BCUT2D eigenvalue weighted by Crippen LogP contribution is 2.29. The summed E-state index contributed by atoms with van der Waals surface area (Å²) in [6, 6.07) is 0.526. The second kappa shape index (κ2) is 5.99. The molecule has 1 rings (SSSR count). The normalized spacial score (nSPS) is 21.6. The Balaban J connectivity index is 2.07. The maximum atomic E-state index is 9.75. The van der Waals surface area contributed by atoms with Crippen molar-refractivity contribution in [2.45, 2.75) is 64.7 Å². The molecule has 1 aliphatic carbocycles. The minimum atomic E-state index is -0.401. The number of nitrogens with one attached hydrogen (secondary N) is 1. The Labute approximate surface area is 99.6 Å². The largest absolute Gasteiger partial charge is 0.389 e. The standard InChI is InChI=1S/C13H27NO2/c1-10(11-6-5-7-11)14-8-12(15)9-16-13(2,3)4/h10-12,14-15H,5-9H2,1-4H3. The third-order valence-electron chi connectivity index (χ3n) is 3.24. The van der Waals surface area contributed by atoms with Crippen molar-refractivity contribution in [2.24, 2.45) is 5.92 Å². The van der Waals surface area contributed by atoms with E-state index in [2.05, 4.69) is 12.2 Å². The Kier molecular flexibility index (Phi) is 5.22. The summed E-state index contributed by atoms with van der Waals surface area (Å²) in [5.74, 6) is 0.815. The lowest BCUT2D eigenvalue weighted by Crippen LogP contribution is -2.42. The molecule has 2 atom stereocenters. The van der Waals surface area contributed by atoms with Gasteiger partial charge in [-0.15, -0.1) is 0 Å². The quantitative estimate of drug-likeness (QED) is 0.731. The van der Waals surface area contributed by atoms with E-state index < -0.39 is 6.10 Å². The van der Waals surface area contributed by atoms with Gasteiger partial charge in [0.05, 0.1) is 18.3 Å². The van der Waals surface area contributed by atoms with Gasteiger partial charge in [0.15, 0.2) is 0 Å². The molecule has 16 heavy (non-hydrogen) atoms. The van der Waals surface area contributed by atoms with Crippen molar-refractivity contribution in [3.8, 4) is 0 Å². The zero-order valence-corrected chi connectivity index (χ0v) is 11.1.